The number of ether oxygens (including phenoxy) is 1. The zero-order valence-electron chi connectivity index (χ0n) is 16.0. The number of carbonyl (C=O) groups is 1. The van der Waals surface area contributed by atoms with Gasteiger partial charge in [0.15, 0.2) is 0 Å². The van der Waals surface area contributed by atoms with E-state index in [1.807, 2.05) is 6.92 Å². The quantitative estimate of drug-likeness (QED) is 0.737. The van der Waals surface area contributed by atoms with Gasteiger partial charge in [-0.05, 0) is 42.7 Å². The van der Waals surface area contributed by atoms with Gasteiger partial charge in [0.05, 0.1) is 11.0 Å². The molecule has 1 aliphatic heterocycles. The largest absolute Gasteiger partial charge is 0.376 e. The molecule has 1 saturated heterocycles. The van der Waals surface area contributed by atoms with E-state index in [4.69, 9.17) is 4.74 Å². The van der Waals surface area contributed by atoms with Crippen LogP contribution < -0.4 is 5.32 Å². The van der Waals surface area contributed by atoms with Gasteiger partial charge in [0.1, 0.15) is 0 Å². The standard InChI is InChI=1S/C21H26N2O4S/c1-2-23(28(25,26)20-8-4-3-5-9-20)16-17-10-12-18(13-11-17)21(24)22-15-19-7-6-14-27-19/h3-5,8-13,19H,2,6-7,14-16H2,1H3,(H,22,24). The van der Waals surface area contributed by atoms with Crippen molar-refractivity contribution < 1.29 is 17.9 Å². The highest BCUT2D eigenvalue weighted by atomic mass is 32.2. The van der Waals surface area contributed by atoms with Crippen LogP contribution in [0, 0.1) is 0 Å². The summed E-state index contributed by atoms with van der Waals surface area (Å²) in [6.45, 7) is 3.70. The van der Waals surface area contributed by atoms with Crippen LogP contribution in [0.1, 0.15) is 35.7 Å². The Balaban J connectivity index is 1.63. The number of hydrogen-bond donors (Lipinski definition) is 1. The number of nitrogens with zero attached hydrogens (tertiary/aromatic N) is 1. The molecule has 1 atom stereocenters. The molecule has 1 N–H and O–H groups in total. The summed E-state index contributed by atoms with van der Waals surface area (Å²) in [5, 5.41) is 2.89. The van der Waals surface area contributed by atoms with Crippen molar-refractivity contribution in [3.8, 4) is 0 Å². The van der Waals surface area contributed by atoms with E-state index in [1.54, 1.807) is 54.6 Å². The normalized spacial score (nSPS) is 17.0. The minimum absolute atomic E-state index is 0.101. The average molecular weight is 403 g/mol. The van der Waals surface area contributed by atoms with Crippen molar-refractivity contribution in [2.45, 2.75) is 37.3 Å². The number of rotatable bonds is 8. The van der Waals surface area contributed by atoms with Crippen molar-refractivity contribution in [3.05, 3.63) is 65.7 Å². The van der Waals surface area contributed by atoms with Gasteiger partial charge in [-0.3, -0.25) is 4.79 Å². The fourth-order valence-corrected chi connectivity index (χ4v) is 4.65. The highest BCUT2D eigenvalue weighted by molar-refractivity contribution is 7.89. The van der Waals surface area contributed by atoms with Crippen LogP contribution in [-0.4, -0.2) is 44.4 Å². The van der Waals surface area contributed by atoms with Crippen LogP contribution in [0.25, 0.3) is 0 Å². The molecular weight excluding hydrogens is 376 g/mol. The minimum atomic E-state index is -3.55. The Hall–Kier alpha value is -2.22. The van der Waals surface area contributed by atoms with Crippen LogP contribution >= 0.6 is 0 Å². The van der Waals surface area contributed by atoms with Gasteiger partial charge >= 0.3 is 0 Å². The first-order valence-electron chi connectivity index (χ1n) is 9.54. The van der Waals surface area contributed by atoms with Crippen molar-refractivity contribution in [1.29, 1.82) is 0 Å². The molecule has 1 unspecified atom stereocenters. The van der Waals surface area contributed by atoms with Crippen LogP contribution in [0.3, 0.4) is 0 Å². The van der Waals surface area contributed by atoms with Gasteiger partial charge in [-0.25, -0.2) is 8.42 Å². The molecule has 0 aliphatic carbocycles. The van der Waals surface area contributed by atoms with E-state index >= 15 is 0 Å². The number of hydrogen-bond acceptors (Lipinski definition) is 4. The van der Waals surface area contributed by atoms with E-state index < -0.39 is 10.0 Å². The van der Waals surface area contributed by atoms with E-state index in [0.717, 1.165) is 25.0 Å². The maximum Gasteiger partial charge on any atom is 0.251 e. The van der Waals surface area contributed by atoms with E-state index in [-0.39, 0.29) is 23.5 Å². The lowest BCUT2D eigenvalue weighted by Crippen LogP contribution is -2.32. The molecule has 1 heterocycles. The second-order valence-electron chi connectivity index (χ2n) is 6.79. The molecule has 0 spiro atoms. The fraction of sp³-hybridized carbons (Fsp3) is 0.381. The Bertz CT molecular complexity index is 876. The third-order valence-corrected chi connectivity index (χ3v) is 6.76. The van der Waals surface area contributed by atoms with Crippen LogP contribution in [0.5, 0.6) is 0 Å². The first-order valence-corrected chi connectivity index (χ1v) is 11.0. The van der Waals surface area contributed by atoms with Gasteiger partial charge in [-0.2, -0.15) is 4.31 Å². The minimum Gasteiger partial charge on any atom is -0.376 e. The molecule has 0 saturated carbocycles. The van der Waals surface area contributed by atoms with Crippen LogP contribution in [-0.2, 0) is 21.3 Å². The smallest absolute Gasteiger partial charge is 0.251 e. The molecule has 0 aromatic heterocycles. The zero-order chi connectivity index (χ0) is 20.0. The summed E-state index contributed by atoms with van der Waals surface area (Å²) < 4.78 is 32.5. The number of carbonyl (C=O) groups excluding carboxylic acids is 1. The molecular formula is C21H26N2O4S. The number of nitrogens with one attached hydrogen (secondary N) is 1. The lowest BCUT2D eigenvalue weighted by Gasteiger charge is -2.20. The van der Waals surface area contributed by atoms with Crippen molar-refractivity contribution in [1.82, 2.24) is 9.62 Å². The van der Waals surface area contributed by atoms with Gasteiger partial charge in [0.25, 0.3) is 5.91 Å². The molecule has 0 radical (unpaired) electrons. The van der Waals surface area contributed by atoms with E-state index in [0.29, 0.717) is 18.7 Å². The summed E-state index contributed by atoms with van der Waals surface area (Å²) in [6.07, 6.45) is 2.11. The van der Waals surface area contributed by atoms with Crippen molar-refractivity contribution in [2.75, 3.05) is 19.7 Å². The van der Waals surface area contributed by atoms with Gasteiger partial charge in [-0.1, -0.05) is 37.3 Å². The van der Waals surface area contributed by atoms with Gasteiger partial charge in [0, 0.05) is 31.8 Å². The summed E-state index contributed by atoms with van der Waals surface area (Å²) in [5.41, 5.74) is 1.38. The van der Waals surface area contributed by atoms with Crippen molar-refractivity contribution in [3.63, 3.8) is 0 Å². The second-order valence-corrected chi connectivity index (χ2v) is 8.72. The maximum atomic E-state index is 12.8. The van der Waals surface area contributed by atoms with E-state index in [9.17, 15) is 13.2 Å². The summed E-state index contributed by atoms with van der Waals surface area (Å²) in [4.78, 5) is 12.5. The van der Waals surface area contributed by atoms with E-state index in [1.165, 1.54) is 4.31 Å². The van der Waals surface area contributed by atoms with Gasteiger partial charge in [0.2, 0.25) is 10.0 Å². The molecule has 6 nitrogen and oxygen atoms in total. The summed E-state index contributed by atoms with van der Waals surface area (Å²) >= 11 is 0. The van der Waals surface area contributed by atoms with E-state index in [2.05, 4.69) is 5.32 Å². The number of amides is 1. The SMILES string of the molecule is CCN(Cc1ccc(C(=O)NCC2CCCO2)cc1)S(=O)(=O)c1ccccc1. The highest BCUT2D eigenvalue weighted by Crippen LogP contribution is 2.18. The van der Waals surface area contributed by atoms with Gasteiger partial charge in [-0.15, -0.1) is 0 Å². The molecule has 150 valence electrons. The lowest BCUT2D eigenvalue weighted by atomic mass is 10.1. The summed E-state index contributed by atoms with van der Waals surface area (Å²) in [7, 11) is -3.55. The third kappa shape index (κ3) is 4.98. The Morgan fingerprint density at radius 1 is 1.14 bits per heavy atom. The lowest BCUT2D eigenvalue weighted by molar-refractivity contribution is 0.0857. The first-order chi connectivity index (χ1) is 13.5. The molecule has 1 aliphatic rings. The number of benzene rings is 2. The van der Waals surface area contributed by atoms with Crippen molar-refractivity contribution in [2.24, 2.45) is 0 Å². The molecule has 28 heavy (non-hydrogen) atoms. The average Bonchev–Trinajstić information content (AvgIpc) is 3.25. The fourth-order valence-electron chi connectivity index (χ4n) is 3.19. The maximum absolute atomic E-state index is 12.8. The third-order valence-electron chi connectivity index (χ3n) is 4.82. The first kappa shape index (κ1) is 20.5. The van der Waals surface area contributed by atoms with Crippen LogP contribution in [0.2, 0.25) is 0 Å². The molecule has 7 heteroatoms. The topological polar surface area (TPSA) is 75.7 Å². The summed E-state index contributed by atoms with van der Waals surface area (Å²) in [6, 6.07) is 15.5. The van der Waals surface area contributed by atoms with Crippen LogP contribution in [0.4, 0.5) is 0 Å². The predicted octanol–water partition coefficient (Wildman–Crippen LogP) is 2.81. The predicted molar refractivity (Wildman–Crippen MR) is 107 cm³/mol. The molecule has 1 amide bonds. The molecule has 2 aromatic carbocycles. The monoisotopic (exact) mass is 402 g/mol. The number of sulfonamides is 1. The molecule has 3 rings (SSSR count). The Morgan fingerprint density at radius 3 is 2.46 bits per heavy atom. The molecule has 2 aromatic rings. The molecule has 1 fully saturated rings. The van der Waals surface area contributed by atoms with Crippen molar-refractivity contribution >= 4 is 15.9 Å². The van der Waals surface area contributed by atoms with Crippen LogP contribution in [0.15, 0.2) is 59.5 Å². The second kappa shape index (κ2) is 9.32. The molecule has 0 bridgehead atoms. The Labute approximate surface area is 166 Å². The van der Waals surface area contributed by atoms with Gasteiger partial charge < -0.3 is 10.1 Å². The highest BCUT2D eigenvalue weighted by Gasteiger charge is 2.23. The Morgan fingerprint density at radius 2 is 1.86 bits per heavy atom. The summed E-state index contributed by atoms with van der Waals surface area (Å²) in [5.74, 6) is -0.147. The zero-order valence-corrected chi connectivity index (χ0v) is 16.8. The Kier molecular flexibility index (Phi) is 6.83.